The van der Waals surface area contributed by atoms with E-state index >= 15 is 0 Å². The summed E-state index contributed by atoms with van der Waals surface area (Å²) < 4.78 is 6.71. The quantitative estimate of drug-likeness (QED) is 0.839. The molecule has 1 aliphatic rings. The van der Waals surface area contributed by atoms with Gasteiger partial charge < -0.3 is 14.6 Å². The molecule has 0 saturated carbocycles. The Kier molecular flexibility index (Phi) is 4.51. The number of rotatable bonds is 6. The molecule has 0 atom stereocenters. The van der Waals surface area contributed by atoms with Gasteiger partial charge in [-0.1, -0.05) is 6.07 Å². The number of hydrogen-bond acceptors (Lipinski definition) is 5. The maximum atomic E-state index is 11.8. The van der Waals surface area contributed by atoms with Crippen molar-refractivity contribution >= 4 is 12.0 Å². The summed E-state index contributed by atoms with van der Waals surface area (Å²) in [5, 5.41) is 2.79. The van der Waals surface area contributed by atoms with Crippen LogP contribution in [-0.2, 0) is 16.1 Å². The Labute approximate surface area is 133 Å². The minimum atomic E-state index is -0.438. The maximum absolute atomic E-state index is 11.8. The van der Waals surface area contributed by atoms with Crippen molar-refractivity contribution < 1.29 is 14.3 Å². The zero-order valence-electron chi connectivity index (χ0n) is 12.5. The van der Waals surface area contributed by atoms with Gasteiger partial charge in [-0.15, -0.1) is 0 Å². The largest absolute Gasteiger partial charge is 0.448 e. The fourth-order valence-corrected chi connectivity index (χ4v) is 2.33. The first-order chi connectivity index (χ1) is 11.2. The lowest BCUT2D eigenvalue weighted by molar-refractivity contribution is -0.121. The average molecular weight is 315 g/mol. The van der Waals surface area contributed by atoms with E-state index in [-0.39, 0.29) is 12.5 Å². The normalized spacial score (nSPS) is 13.9. The fraction of sp³-hybridized carbons (Fsp3) is 0.333. The molecule has 0 aromatic carbocycles. The molecule has 8 nitrogen and oxygen atoms in total. The Morgan fingerprint density at radius 1 is 1.30 bits per heavy atom. The van der Waals surface area contributed by atoms with Gasteiger partial charge in [0.15, 0.2) is 5.82 Å². The number of ether oxygens (including phenoxy) is 1. The minimum Gasteiger partial charge on any atom is -0.448 e. The van der Waals surface area contributed by atoms with Crippen LogP contribution in [0, 0.1) is 0 Å². The van der Waals surface area contributed by atoms with Crippen LogP contribution in [0.3, 0.4) is 0 Å². The molecule has 1 fully saturated rings. The molecule has 0 unspecified atom stereocenters. The van der Waals surface area contributed by atoms with E-state index < -0.39 is 6.09 Å². The van der Waals surface area contributed by atoms with Crippen molar-refractivity contribution in [3.63, 3.8) is 0 Å². The summed E-state index contributed by atoms with van der Waals surface area (Å²) in [4.78, 5) is 33.1. The van der Waals surface area contributed by atoms with Gasteiger partial charge in [-0.05, 0) is 12.1 Å². The summed E-state index contributed by atoms with van der Waals surface area (Å²) in [7, 11) is 0. The molecule has 3 heterocycles. The Balaban J connectivity index is 1.51. The highest BCUT2D eigenvalue weighted by atomic mass is 16.6. The standard InChI is InChI=1S/C15H17N5O3/c21-13(11-20-9-10-23-15(20)22)17-5-7-19-8-6-18-14(19)12-3-1-2-4-16-12/h1-4,6,8H,5,7,9-11H2,(H,17,21). The second-order valence-electron chi connectivity index (χ2n) is 5.05. The molecule has 0 radical (unpaired) electrons. The van der Waals surface area contributed by atoms with Crippen LogP contribution in [0.25, 0.3) is 11.5 Å². The van der Waals surface area contributed by atoms with Crippen molar-refractivity contribution in [3.05, 3.63) is 36.8 Å². The monoisotopic (exact) mass is 315 g/mol. The van der Waals surface area contributed by atoms with E-state index in [1.807, 2.05) is 29.0 Å². The fourth-order valence-electron chi connectivity index (χ4n) is 2.33. The number of nitrogens with zero attached hydrogens (tertiary/aromatic N) is 4. The summed E-state index contributed by atoms with van der Waals surface area (Å²) in [5.41, 5.74) is 0.781. The van der Waals surface area contributed by atoms with Crippen LogP contribution in [0.15, 0.2) is 36.8 Å². The highest BCUT2D eigenvalue weighted by molar-refractivity contribution is 5.82. The molecule has 1 saturated heterocycles. The molecule has 2 amide bonds. The Hall–Kier alpha value is -2.90. The molecule has 2 aromatic rings. The third-order valence-electron chi connectivity index (χ3n) is 3.46. The molecule has 3 rings (SSSR count). The number of carbonyl (C=O) groups excluding carboxylic acids is 2. The molecule has 2 aromatic heterocycles. The van der Waals surface area contributed by atoms with E-state index in [2.05, 4.69) is 15.3 Å². The topological polar surface area (TPSA) is 89.4 Å². The predicted octanol–water partition coefficient (Wildman–Crippen LogP) is 0.514. The summed E-state index contributed by atoms with van der Waals surface area (Å²) >= 11 is 0. The van der Waals surface area contributed by atoms with E-state index in [9.17, 15) is 9.59 Å². The van der Waals surface area contributed by atoms with Crippen LogP contribution >= 0.6 is 0 Å². The number of hydrogen-bond donors (Lipinski definition) is 1. The van der Waals surface area contributed by atoms with Crippen molar-refractivity contribution in [2.45, 2.75) is 6.54 Å². The van der Waals surface area contributed by atoms with Gasteiger partial charge >= 0.3 is 6.09 Å². The number of carbonyl (C=O) groups is 2. The molecule has 1 N–H and O–H groups in total. The number of nitrogens with one attached hydrogen (secondary N) is 1. The van der Waals surface area contributed by atoms with Crippen molar-refractivity contribution in [3.8, 4) is 11.5 Å². The summed E-state index contributed by atoms with van der Waals surface area (Å²) in [6.07, 6.45) is 4.82. The van der Waals surface area contributed by atoms with Gasteiger partial charge in [-0.2, -0.15) is 0 Å². The highest BCUT2D eigenvalue weighted by Crippen LogP contribution is 2.13. The van der Waals surface area contributed by atoms with Gasteiger partial charge in [0.25, 0.3) is 0 Å². The smallest absolute Gasteiger partial charge is 0.410 e. The maximum Gasteiger partial charge on any atom is 0.410 e. The van der Waals surface area contributed by atoms with Crippen LogP contribution in [0.5, 0.6) is 0 Å². The zero-order valence-corrected chi connectivity index (χ0v) is 12.5. The van der Waals surface area contributed by atoms with Gasteiger partial charge in [0.1, 0.15) is 18.8 Å². The van der Waals surface area contributed by atoms with Gasteiger partial charge in [0.05, 0.1) is 6.54 Å². The summed E-state index contributed by atoms with van der Waals surface area (Å²) in [6.45, 7) is 1.84. The van der Waals surface area contributed by atoms with E-state index in [0.717, 1.165) is 11.5 Å². The predicted molar refractivity (Wildman–Crippen MR) is 81.4 cm³/mol. The molecule has 1 aliphatic heterocycles. The van der Waals surface area contributed by atoms with Crippen LogP contribution in [0.1, 0.15) is 0 Å². The Bertz CT molecular complexity index is 685. The van der Waals surface area contributed by atoms with E-state index in [0.29, 0.717) is 26.2 Å². The Morgan fingerprint density at radius 3 is 2.96 bits per heavy atom. The molecule has 0 spiro atoms. The summed E-state index contributed by atoms with van der Waals surface area (Å²) in [5.74, 6) is 0.548. The first kappa shape index (κ1) is 15.0. The molecular weight excluding hydrogens is 298 g/mol. The minimum absolute atomic E-state index is 0.0237. The zero-order chi connectivity index (χ0) is 16.1. The number of imidazole rings is 1. The molecule has 0 bridgehead atoms. The van der Waals surface area contributed by atoms with Gasteiger partial charge in [0.2, 0.25) is 5.91 Å². The van der Waals surface area contributed by atoms with Crippen LogP contribution in [0.4, 0.5) is 4.79 Å². The first-order valence-electron chi connectivity index (χ1n) is 7.35. The lowest BCUT2D eigenvalue weighted by Gasteiger charge is -2.13. The summed E-state index contributed by atoms with van der Waals surface area (Å²) in [6, 6.07) is 5.63. The molecular formula is C15H17N5O3. The van der Waals surface area contributed by atoms with Crippen LogP contribution in [0.2, 0.25) is 0 Å². The molecule has 120 valence electrons. The number of amides is 2. The average Bonchev–Trinajstić information content (AvgIpc) is 3.18. The van der Waals surface area contributed by atoms with Crippen molar-refractivity contribution in [1.29, 1.82) is 0 Å². The van der Waals surface area contributed by atoms with Gasteiger partial charge in [-0.3, -0.25) is 14.7 Å². The third-order valence-corrected chi connectivity index (χ3v) is 3.46. The molecule has 0 aliphatic carbocycles. The van der Waals surface area contributed by atoms with Crippen molar-refractivity contribution in [2.75, 3.05) is 26.2 Å². The highest BCUT2D eigenvalue weighted by Gasteiger charge is 2.23. The Morgan fingerprint density at radius 2 is 2.22 bits per heavy atom. The number of aromatic nitrogens is 3. The second kappa shape index (κ2) is 6.91. The van der Waals surface area contributed by atoms with Gasteiger partial charge in [0, 0.05) is 31.7 Å². The number of cyclic esters (lactones) is 1. The lowest BCUT2D eigenvalue weighted by Crippen LogP contribution is -2.38. The van der Waals surface area contributed by atoms with E-state index in [1.54, 1.807) is 12.4 Å². The number of pyridine rings is 1. The van der Waals surface area contributed by atoms with Crippen molar-refractivity contribution in [2.24, 2.45) is 0 Å². The first-order valence-corrected chi connectivity index (χ1v) is 7.35. The van der Waals surface area contributed by atoms with Crippen LogP contribution < -0.4 is 5.32 Å². The SMILES string of the molecule is O=C(CN1CCOC1=O)NCCn1ccnc1-c1ccccn1. The lowest BCUT2D eigenvalue weighted by atomic mass is 10.3. The van der Waals surface area contributed by atoms with Crippen molar-refractivity contribution in [1.82, 2.24) is 24.8 Å². The third kappa shape index (κ3) is 3.65. The van der Waals surface area contributed by atoms with Gasteiger partial charge in [-0.25, -0.2) is 9.78 Å². The molecule has 23 heavy (non-hydrogen) atoms. The molecule has 8 heteroatoms. The van der Waals surface area contributed by atoms with E-state index in [4.69, 9.17) is 4.74 Å². The second-order valence-corrected chi connectivity index (χ2v) is 5.05. The van der Waals surface area contributed by atoms with Crippen LogP contribution in [-0.4, -0.2) is 57.7 Å². The van der Waals surface area contributed by atoms with E-state index in [1.165, 1.54) is 4.90 Å².